The van der Waals surface area contributed by atoms with E-state index in [9.17, 15) is 4.79 Å². The Hall–Kier alpha value is -1.81. The topological polar surface area (TPSA) is 38.8 Å². The summed E-state index contributed by atoms with van der Waals surface area (Å²) in [6.07, 6.45) is 8.36. The Morgan fingerprint density at radius 3 is 2.46 bits per heavy atom. The highest BCUT2D eigenvalue weighted by molar-refractivity contribution is 5.88. The van der Waals surface area contributed by atoms with Crippen LogP contribution >= 0.6 is 0 Å². The molecule has 4 bridgehead atoms. The summed E-state index contributed by atoms with van der Waals surface area (Å²) in [5.74, 6) is 3.88. The molecule has 4 nitrogen and oxygen atoms in total. The smallest absolute Gasteiger partial charge is 0.338 e. The third kappa shape index (κ3) is 2.66. The Kier molecular flexibility index (Phi) is 3.68. The number of hydrogen-bond acceptors (Lipinski definition) is 4. The molecule has 26 heavy (non-hydrogen) atoms. The van der Waals surface area contributed by atoms with E-state index in [1.165, 1.54) is 38.5 Å². The first-order valence-electron chi connectivity index (χ1n) is 9.89. The maximum Gasteiger partial charge on any atom is 0.338 e. The van der Waals surface area contributed by atoms with Crippen molar-refractivity contribution < 1.29 is 14.3 Å². The molecule has 1 aromatic rings. The lowest BCUT2D eigenvalue weighted by molar-refractivity contribution is -0.130. The van der Waals surface area contributed by atoms with E-state index >= 15 is 0 Å². The third-order valence-corrected chi connectivity index (χ3v) is 7.00. The molecule has 0 unspecified atom stereocenters. The SMILES string of the molecule is C=C(C)C(=O)Oc1ccc2c(c1)CN(C13CC4CC(CC(C4)C1)C3)CO2. The zero-order chi connectivity index (χ0) is 17.9. The van der Waals surface area contributed by atoms with Crippen molar-refractivity contribution in [3.05, 3.63) is 35.9 Å². The average Bonchev–Trinajstić information content (AvgIpc) is 2.60. The molecule has 4 fully saturated rings. The van der Waals surface area contributed by atoms with Gasteiger partial charge in [0.1, 0.15) is 18.2 Å². The third-order valence-electron chi connectivity index (χ3n) is 7.00. The second-order valence-corrected chi connectivity index (χ2v) is 9.05. The van der Waals surface area contributed by atoms with Crippen LogP contribution in [0.25, 0.3) is 0 Å². The molecule has 6 rings (SSSR count). The number of fused-ring (bicyclic) bond motifs is 1. The fraction of sp³-hybridized carbons (Fsp3) is 0.591. The summed E-state index contributed by atoms with van der Waals surface area (Å²) >= 11 is 0. The number of ether oxygens (including phenoxy) is 2. The number of carbonyl (C=O) groups is 1. The molecule has 5 aliphatic rings. The van der Waals surface area contributed by atoms with Crippen LogP contribution in [0.15, 0.2) is 30.4 Å². The first kappa shape index (κ1) is 16.4. The fourth-order valence-electron chi connectivity index (χ4n) is 6.23. The van der Waals surface area contributed by atoms with E-state index < -0.39 is 0 Å². The maximum atomic E-state index is 11.8. The van der Waals surface area contributed by atoms with E-state index in [-0.39, 0.29) is 5.97 Å². The lowest BCUT2D eigenvalue weighted by atomic mass is 9.52. The van der Waals surface area contributed by atoms with E-state index in [1.54, 1.807) is 13.0 Å². The molecular formula is C22H27NO3. The summed E-state index contributed by atoms with van der Waals surface area (Å²) in [5.41, 5.74) is 1.87. The van der Waals surface area contributed by atoms with Gasteiger partial charge in [0.15, 0.2) is 0 Å². The van der Waals surface area contributed by atoms with Crippen molar-refractivity contribution in [3.63, 3.8) is 0 Å². The van der Waals surface area contributed by atoms with Crippen LogP contribution in [-0.2, 0) is 11.3 Å². The van der Waals surface area contributed by atoms with E-state index in [4.69, 9.17) is 9.47 Å². The van der Waals surface area contributed by atoms with Gasteiger partial charge in [-0.2, -0.15) is 0 Å². The summed E-state index contributed by atoms with van der Waals surface area (Å²) in [4.78, 5) is 14.4. The number of nitrogens with zero attached hydrogens (tertiary/aromatic N) is 1. The van der Waals surface area contributed by atoms with E-state index in [1.807, 2.05) is 12.1 Å². The van der Waals surface area contributed by atoms with Gasteiger partial charge in [0.05, 0.1) is 0 Å². The molecule has 0 atom stereocenters. The number of rotatable bonds is 3. The predicted molar refractivity (Wildman–Crippen MR) is 98.8 cm³/mol. The molecule has 4 heteroatoms. The summed E-state index contributed by atoms with van der Waals surface area (Å²) < 4.78 is 11.5. The molecule has 0 saturated heterocycles. The van der Waals surface area contributed by atoms with Crippen molar-refractivity contribution in [2.24, 2.45) is 17.8 Å². The van der Waals surface area contributed by atoms with Crippen LogP contribution < -0.4 is 9.47 Å². The summed E-state index contributed by atoms with van der Waals surface area (Å²) in [6.45, 7) is 6.89. The minimum absolute atomic E-state index is 0.330. The van der Waals surface area contributed by atoms with Gasteiger partial charge in [-0.25, -0.2) is 4.79 Å². The van der Waals surface area contributed by atoms with Gasteiger partial charge in [0.2, 0.25) is 0 Å². The molecule has 4 aliphatic carbocycles. The largest absolute Gasteiger partial charge is 0.478 e. The molecule has 0 radical (unpaired) electrons. The van der Waals surface area contributed by atoms with Gasteiger partial charge in [0.25, 0.3) is 0 Å². The van der Waals surface area contributed by atoms with Gasteiger partial charge in [-0.15, -0.1) is 0 Å². The summed E-state index contributed by atoms with van der Waals surface area (Å²) in [6, 6.07) is 5.69. The lowest BCUT2D eigenvalue weighted by Gasteiger charge is -2.61. The lowest BCUT2D eigenvalue weighted by Crippen LogP contribution is -2.61. The molecule has 0 spiro atoms. The van der Waals surface area contributed by atoms with Gasteiger partial charge in [-0.05, 0) is 81.4 Å². The van der Waals surface area contributed by atoms with Crippen LogP contribution in [0.5, 0.6) is 11.5 Å². The molecule has 0 amide bonds. The van der Waals surface area contributed by atoms with Crippen molar-refractivity contribution >= 4 is 5.97 Å². The van der Waals surface area contributed by atoms with Crippen LogP contribution in [-0.4, -0.2) is 23.1 Å². The van der Waals surface area contributed by atoms with Gasteiger partial charge in [-0.3, -0.25) is 4.90 Å². The molecular weight excluding hydrogens is 326 g/mol. The molecule has 1 aromatic carbocycles. The second kappa shape index (κ2) is 5.85. The highest BCUT2D eigenvalue weighted by Gasteiger charge is 2.54. The first-order chi connectivity index (χ1) is 12.5. The fourth-order valence-corrected chi connectivity index (χ4v) is 6.23. The first-order valence-corrected chi connectivity index (χ1v) is 9.89. The predicted octanol–water partition coefficient (Wildman–Crippen LogP) is 4.29. The molecule has 0 aromatic heterocycles. The summed E-state index contributed by atoms with van der Waals surface area (Å²) in [7, 11) is 0. The van der Waals surface area contributed by atoms with Gasteiger partial charge in [0, 0.05) is 23.2 Å². The Morgan fingerprint density at radius 1 is 1.19 bits per heavy atom. The van der Waals surface area contributed by atoms with Crippen LogP contribution in [0.3, 0.4) is 0 Å². The number of benzene rings is 1. The van der Waals surface area contributed by atoms with Crippen molar-refractivity contribution in [1.82, 2.24) is 4.90 Å². The van der Waals surface area contributed by atoms with E-state index in [2.05, 4.69) is 11.5 Å². The second-order valence-electron chi connectivity index (χ2n) is 9.05. The highest BCUT2D eigenvalue weighted by atomic mass is 16.5. The minimum Gasteiger partial charge on any atom is -0.478 e. The zero-order valence-corrected chi connectivity index (χ0v) is 15.5. The zero-order valence-electron chi connectivity index (χ0n) is 15.5. The Labute approximate surface area is 155 Å². The van der Waals surface area contributed by atoms with Gasteiger partial charge >= 0.3 is 5.97 Å². The monoisotopic (exact) mass is 353 g/mol. The standard InChI is InChI=1S/C22H27NO3/c1-14(2)21(24)26-19-3-4-20-18(8-19)12-23(13-25-20)22-9-15-5-16(10-22)7-17(6-15)11-22/h3-4,8,15-17H,1,5-7,9-13H2,2H3. The van der Waals surface area contributed by atoms with E-state index in [0.717, 1.165) is 35.6 Å². The Bertz CT molecular complexity index is 733. The minimum atomic E-state index is -0.375. The van der Waals surface area contributed by atoms with Crippen molar-refractivity contribution in [2.75, 3.05) is 6.73 Å². The number of esters is 1. The van der Waals surface area contributed by atoms with Crippen LogP contribution in [0, 0.1) is 17.8 Å². The maximum absolute atomic E-state index is 11.8. The molecule has 1 heterocycles. The van der Waals surface area contributed by atoms with Gasteiger partial charge in [-0.1, -0.05) is 6.58 Å². The Balaban J connectivity index is 1.38. The molecule has 1 aliphatic heterocycles. The molecule has 0 N–H and O–H groups in total. The van der Waals surface area contributed by atoms with Gasteiger partial charge < -0.3 is 9.47 Å². The van der Waals surface area contributed by atoms with Crippen molar-refractivity contribution in [1.29, 1.82) is 0 Å². The number of carbonyl (C=O) groups excluding carboxylic acids is 1. The normalized spacial score (nSPS) is 34.9. The van der Waals surface area contributed by atoms with Crippen LogP contribution in [0.2, 0.25) is 0 Å². The summed E-state index contributed by atoms with van der Waals surface area (Å²) in [5, 5.41) is 0. The average molecular weight is 353 g/mol. The van der Waals surface area contributed by atoms with E-state index in [0.29, 0.717) is 23.6 Å². The van der Waals surface area contributed by atoms with Crippen molar-refractivity contribution in [2.45, 2.75) is 57.5 Å². The molecule has 138 valence electrons. The van der Waals surface area contributed by atoms with Crippen LogP contribution in [0.1, 0.15) is 51.0 Å². The Morgan fingerprint density at radius 2 is 1.85 bits per heavy atom. The van der Waals surface area contributed by atoms with Crippen LogP contribution in [0.4, 0.5) is 0 Å². The molecule has 4 saturated carbocycles. The highest BCUT2D eigenvalue weighted by Crippen LogP contribution is 2.58. The quantitative estimate of drug-likeness (QED) is 0.462. The van der Waals surface area contributed by atoms with Crippen molar-refractivity contribution in [3.8, 4) is 11.5 Å². The number of hydrogen-bond donors (Lipinski definition) is 0.